The first-order valence-electron chi connectivity index (χ1n) is 8.58. The summed E-state index contributed by atoms with van der Waals surface area (Å²) < 4.78 is 1.87. The van der Waals surface area contributed by atoms with Crippen LogP contribution in [0.15, 0.2) is 24.4 Å². The van der Waals surface area contributed by atoms with E-state index >= 15 is 0 Å². The van der Waals surface area contributed by atoms with Gasteiger partial charge in [-0.2, -0.15) is 5.10 Å². The van der Waals surface area contributed by atoms with E-state index in [9.17, 15) is 9.90 Å². The van der Waals surface area contributed by atoms with Gasteiger partial charge < -0.3 is 14.9 Å². The van der Waals surface area contributed by atoms with Gasteiger partial charge in [0.05, 0.1) is 12.2 Å². The number of halogens is 1. The van der Waals surface area contributed by atoms with Crippen LogP contribution in [0.3, 0.4) is 0 Å². The number of aromatic nitrogens is 2. The van der Waals surface area contributed by atoms with Gasteiger partial charge in [0.1, 0.15) is 5.82 Å². The Morgan fingerprint density at radius 1 is 1.36 bits per heavy atom. The number of rotatable bonds is 2. The van der Waals surface area contributed by atoms with Gasteiger partial charge in [-0.1, -0.05) is 11.6 Å². The van der Waals surface area contributed by atoms with Gasteiger partial charge in [-0.3, -0.25) is 4.68 Å². The molecule has 1 amide bonds. The Morgan fingerprint density at radius 3 is 2.92 bits per heavy atom. The van der Waals surface area contributed by atoms with Gasteiger partial charge >= 0.3 is 6.09 Å². The molecule has 132 valence electrons. The number of amides is 1. The Hall–Kier alpha value is -2.21. The molecule has 0 aliphatic carbocycles. The Balaban J connectivity index is 1.70. The largest absolute Gasteiger partial charge is 0.465 e. The highest BCUT2D eigenvalue weighted by molar-refractivity contribution is 6.30. The van der Waals surface area contributed by atoms with E-state index in [1.807, 2.05) is 29.9 Å². The lowest BCUT2D eigenvalue weighted by Gasteiger charge is -2.33. The van der Waals surface area contributed by atoms with Crippen LogP contribution in [0.1, 0.15) is 35.6 Å². The summed E-state index contributed by atoms with van der Waals surface area (Å²) in [6.07, 6.45) is 3.61. The van der Waals surface area contributed by atoms with Gasteiger partial charge in [-0.15, -0.1) is 0 Å². The Kier molecular flexibility index (Phi) is 4.07. The van der Waals surface area contributed by atoms with Crippen molar-refractivity contribution in [1.82, 2.24) is 14.7 Å². The predicted molar refractivity (Wildman–Crippen MR) is 96.1 cm³/mol. The van der Waals surface area contributed by atoms with Gasteiger partial charge in [0.15, 0.2) is 0 Å². The number of anilines is 1. The average Bonchev–Trinajstić information content (AvgIpc) is 3.22. The standard InChI is InChI=1S/C18H21ClN4O2/c1-21-17(4-6-20-21)22-8-5-14-12(11-22)9-13(19)10-15(14)16-3-2-7-23(16)18(24)25/h4,6,9-10,16H,2-3,5,7-8,11H2,1H3,(H,24,25)/t16-/m0/s1. The number of hydrogen-bond donors (Lipinski definition) is 1. The molecule has 0 spiro atoms. The fourth-order valence-corrected chi connectivity index (χ4v) is 4.43. The maximum absolute atomic E-state index is 11.6. The van der Waals surface area contributed by atoms with Crippen molar-refractivity contribution in [1.29, 1.82) is 0 Å². The number of aryl methyl sites for hydroxylation is 1. The van der Waals surface area contributed by atoms with Gasteiger partial charge in [0.2, 0.25) is 0 Å². The topological polar surface area (TPSA) is 61.6 Å². The average molecular weight is 361 g/mol. The van der Waals surface area contributed by atoms with E-state index in [2.05, 4.69) is 10.00 Å². The maximum Gasteiger partial charge on any atom is 0.407 e. The zero-order valence-electron chi connectivity index (χ0n) is 14.2. The molecular weight excluding hydrogens is 340 g/mol. The zero-order chi connectivity index (χ0) is 17.6. The molecule has 0 saturated carbocycles. The van der Waals surface area contributed by atoms with Crippen LogP contribution in [0.4, 0.5) is 10.6 Å². The van der Waals surface area contributed by atoms with Gasteiger partial charge in [-0.05, 0) is 48.1 Å². The lowest BCUT2D eigenvalue weighted by molar-refractivity contribution is 0.140. The molecule has 0 bridgehead atoms. The molecule has 1 aromatic carbocycles. The molecule has 1 saturated heterocycles. The molecule has 3 heterocycles. The summed E-state index contributed by atoms with van der Waals surface area (Å²) in [5, 5.41) is 14.4. The minimum atomic E-state index is -0.844. The quantitative estimate of drug-likeness (QED) is 0.891. The van der Waals surface area contributed by atoms with Crippen LogP contribution in [0.2, 0.25) is 5.02 Å². The second kappa shape index (κ2) is 6.26. The summed E-state index contributed by atoms with van der Waals surface area (Å²) in [6.45, 7) is 2.26. The first kappa shape index (κ1) is 16.3. The molecule has 0 unspecified atom stereocenters. The number of fused-ring (bicyclic) bond motifs is 1. The fourth-order valence-electron chi connectivity index (χ4n) is 4.18. The molecule has 1 fully saturated rings. The number of benzene rings is 1. The van der Waals surface area contributed by atoms with Crippen molar-refractivity contribution in [2.24, 2.45) is 7.05 Å². The normalized spacial score (nSPS) is 20.0. The molecule has 0 radical (unpaired) electrons. The number of carboxylic acid groups (broad SMARTS) is 1. The Bertz CT molecular complexity index is 819. The van der Waals surface area contributed by atoms with Crippen LogP contribution in [-0.2, 0) is 20.0 Å². The van der Waals surface area contributed by atoms with E-state index in [-0.39, 0.29) is 6.04 Å². The molecule has 25 heavy (non-hydrogen) atoms. The third kappa shape index (κ3) is 2.84. The fraction of sp³-hybridized carbons (Fsp3) is 0.444. The molecule has 7 heteroatoms. The minimum Gasteiger partial charge on any atom is -0.465 e. The Morgan fingerprint density at radius 2 is 2.20 bits per heavy atom. The Labute approximate surface area is 151 Å². The second-order valence-electron chi connectivity index (χ2n) is 6.75. The maximum atomic E-state index is 11.6. The third-order valence-corrected chi connectivity index (χ3v) is 5.53. The third-order valence-electron chi connectivity index (χ3n) is 5.31. The summed E-state index contributed by atoms with van der Waals surface area (Å²) in [5.74, 6) is 1.08. The van der Waals surface area contributed by atoms with Crippen molar-refractivity contribution in [2.45, 2.75) is 31.8 Å². The van der Waals surface area contributed by atoms with Crippen LogP contribution < -0.4 is 4.90 Å². The van der Waals surface area contributed by atoms with Crippen molar-refractivity contribution in [3.8, 4) is 0 Å². The summed E-state index contributed by atoms with van der Waals surface area (Å²) in [5.41, 5.74) is 3.54. The van der Waals surface area contributed by atoms with Crippen LogP contribution in [0.25, 0.3) is 0 Å². The molecule has 2 aromatic rings. The lowest BCUT2D eigenvalue weighted by atomic mass is 9.90. The van der Waals surface area contributed by atoms with Crippen LogP contribution >= 0.6 is 11.6 Å². The van der Waals surface area contributed by atoms with E-state index in [0.717, 1.165) is 43.7 Å². The summed E-state index contributed by atoms with van der Waals surface area (Å²) >= 11 is 6.39. The van der Waals surface area contributed by atoms with Crippen molar-refractivity contribution in [2.75, 3.05) is 18.0 Å². The number of carbonyl (C=O) groups is 1. The van der Waals surface area contributed by atoms with Crippen molar-refractivity contribution < 1.29 is 9.90 Å². The van der Waals surface area contributed by atoms with Gasteiger partial charge in [0, 0.05) is 37.8 Å². The van der Waals surface area contributed by atoms with Gasteiger partial charge in [-0.25, -0.2) is 4.79 Å². The molecule has 4 rings (SSSR count). The highest BCUT2D eigenvalue weighted by Gasteiger charge is 2.33. The van der Waals surface area contributed by atoms with Gasteiger partial charge in [0.25, 0.3) is 0 Å². The smallest absolute Gasteiger partial charge is 0.407 e. The highest BCUT2D eigenvalue weighted by Crippen LogP contribution is 2.38. The zero-order valence-corrected chi connectivity index (χ0v) is 14.9. The van der Waals surface area contributed by atoms with Crippen LogP contribution in [-0.4, -0.2) is 39.0 Å². The highest BCUT2D eigenvalue weighted by atomic mass is 35.5. The first-order chi connectivity index (χ1) is 12.0. The van der Waals surface area contributed by atoms with Crippen molar-refractivity contribution >= 4 is 23.5 Å². The summed E-state index contributed by atoms with van der Waals surface area (Å²) in [6, 6.07) is 5.92. The van der Waals surface area contributed by atoms with E-state index in [1.165, 1.54) is 11.1 Å². The SMILES string of the molecule is Cn1nccc1N1CCc2c(cc(Cl)cc2[C@@H]2CCCN2C(=O)O)C1. The van der Waals surface area contributed by atoms with E-state index in [4.69, 9.17) is 11.6 Å². The molecule has 2 aliphatic heterocycles. The minimum absolute atomic E-state index is 0.0757. The molecule has 2 aliphatic rings. The van der Waals surface area contributed by atoms with Crippen molar-refractivity contribution in [3.63, 3.8) is 0 Å². The summed E-state index contributed by atoms with van der Waals surface area (Å²) in [7, 11) is 1.94. The van der Waals surface area contributed by atoms with Crippen molar-refractivity contribution in [3.05, 3.63) is 46.1 Å². The number of likely N-dealkylation sites (tertiary alicyclic amines) is 1. The molecule has 1 N–H and O–H groups in total. The van der Waals surface area contributed by atoms with E-state index in [1.54, 1.807) is 11.1 Å². The second-order valence-corrected chi connectivity index (χ2v) is 7.19. The first-order valence-corrected chi connectivity index (χ1v) is 8.96. The summed E-state index contributed by atoms with van der Waals surface area (Å²) in [4.78, 5) is 15.4. The van der Waals surface area contributed by atoms with Crippen LogP contribution in [0, 0.1) is 0 Å². The predicted octanol–water partition coefficient (Wildman–Crippen LogP) is 3.45. The molecule has 1 atom stereocenters. The van der Waals surface area contributed by atoms with E-state index < -0.39 is 6.09 Å². The molecule has 1 aromatic heterocycles. The monoisotopic (exact) mass is 360 g/mol. The number of hydrogen-bond acceptors (Lipinski definition) is 3. The number of nitrogens with zero attached hydrogens (tertiary/aromatic N) is 4. The van der Waals surface area contributed by atoms with E-state index in [0.29, 0.717) is 11.6 Å². The van der Waals surface area contributed by atoms with Crippen LogP contribution in [0.5, 0.6) is 0 Å². The molecule has 6 nitrogen and oxygen atoms in total. The molecular formula is C18H21ClN4O2. The lowest BCUT2D eigenvalue weighted by Crippen LogP contribution is -2.34.